The Morgan fingerprint density at radius 2 is 1.73 bits per heavy atom. The van der Waals surface area contributed by atoms with Crippen LogP contribution in [0.1, 0.15) is 18.1 Å². The fourth-order valence-electron chi connectivity index (χ4n) is 7.41. The fourth-order valence-corrected chi connectivity index (χ4v) is 7.41. The number of hydrogen-bond donors (Lipinski definition) is 2. The quantitative estimate of drug-likeness (QED) is 0.178. The van der Waals surface area contributed by atoms with Gasteiger partial charge in [-0.25, -0.2) is 4.98 Å². The zero-order valence-corrected chi connectivity index (χ0v) is 27.4. The van der Waals surface area contributed by atoms with Crippen LogP contribution in [-0.4, -0.2) is 28.1 Å². The van der Waals surface area contributed by atoms with E-state index in [0.717, 1.165) is 62.9 Å². The Bertz CT molecular complexity index is 2550. The van der Waals surface area contributed by atoms with Gasteiger partial charge in [0.25, 0.3) is 0 Å². The SMILES string of the molecule is C/C=C(\C=C(/NC)n1c2ccccc2c2cc3c(cc21)N(c1cc(C2=CNCC=C2)ccn1)c1cccc2cccc-3c12)c1cccnc1. The lowest BCUT2D eigenvalue weighted by atomic mass is 9.90. The van der Waals surface area contributed by atoms with Crippen molar-refractivity contribution in [1.82, 2.24) is 25.2 Å². The van der Waals surface area contributed by atoms with Crippen LogP contribution in [0.25, 0.3) is 60.7 Å². The highest BCUT2D eigenvalue weighted by atomic mass is 15.2. The molecule has 4 aromatic carbocycles. The Morgan fingerprint density at radius 1 is 0.837 bits per heavy atom. The second-order valence-electron chi connectivity index (χ2n) is 12.3. The first kappa shape index (κ1) is 28.8. The molecule has 2 aliphatic heterocycles. The minimum absolute atomic E-state index is 0.838. The Balaban J connectivity index is 1.34. The number of dihydropyridines is 1. The van der Waals surface area contributed by atoms with Crippen LogP contribution in [-0.2, 0) is 0 Å². The van der Waals surface area contributed by atoms with Crippen molar-refractivity contribution in [3.63, 3.8) is 0 Å². The number of rotatable bonds is 6. The highest BCUT2D eigenvalue weighted by Crippen LogP contribution is 2.52. The number of para-hydroxylation sites is 1. The maximum Gasteiger partial charge on any atom is 0.138 e. The van der Waals surface area contributed by atoms with Gasteiger partial charge in [0.2, 0.25) is 0 Å². The number of nitrogens with zero attached hydrogens (tertiary/aromatic N) is 4. The van der Waals surface area contributed by atoms with Crippen molar-refractivity contribution in [3.05, 3.63) is 157 Å². The van der Waals surface area contributed by atoms with Crippen molar-refractivity contribution in [1.29, 1.82) is 0 Å². The number of anilines is 3. The molecule has 7 aromatic rings. The summed E-state index contributed by atoms with van der Waals surface area (Å²) in [6.45, 7) is 2.91. The molecule has 49 heavy (non-hydrogen) atoms. The first-order chi connectivity index (χ1) is 24.2. The molecule has 236 valence electrons. The lowest BCUT2D eigenvalue weighted by Gasteiger charge is -2.33. The number of benzene rings is 4. The molecule has 0 aliphatic carbocycles. The van der Waals surface area contributed by atoms with Gasteiger partial charge in [-0.3, -0.25) is 14.5 Å². The molecule has 0 bridgehead atoms. The van der Waals surface area contributed by atoms with E-state index >= 15 is 0 Å². The normalized spacial score (nSPS) is 14.2. The van der Waals surface area contributed by atoms with Gasteiger partial charge in [0.15, 0.2) is 0 Å². The molecular weight excluding hydrogens is 601 g/mol. The Hall–Kier alpha value is -6.40. The van der Waals surface area contributed by atoms with Crippen molar-refractivity contribution < 1.29 is 0 Å². The maximum absolute atomic E-state index is 5.01. The van der Waals surface area contributed by atoms with Crippen molar-refractivity contribution in [3.8, 4) is 11.1 Å². The van der Waals surface area contributed by atoms with Crippen molar-refractivity contribution in [2.45, 2.75) is 6.92 Å². The molecule has 3 aromatic heterocycles. The number of pyridine rings is 2. The van der Waals surface area contributed by atoms with Gasteiger partial charge in [-0.05, 0) is 88.7 Å². The monoisotopic (exact) mass is 634 g/mol. The van der Waals surface area contributed by atoms with Gasteiger partial charge >= 0.3 is 0 Å². The van der Waals surface area contributed by atoms with Gasteiger partial charge in [-0.2, -0.15) is 0 Å². The molecule has 2 N–H and O–H groups in total. The zero-order valence-electron chi connectivity index (χ0n) is 27.4. The van der Waals surface area contributed by atoms with E-state index in [9.17, 15) is 0 Å². The van der Waals surface area contributed by atoms with Crippen LogP contribution in [0.3, 0.4) is 0 Å². The van der Waals surface area contributed by atoms with Crippen LogP contribution < -0.4 is 15.5 Å². The highest BCUT2D eigenvalue weighted by Gasteiger charge is 2.29. The molecule has 0 unspecified atom stereocenters. The summed E-state index contributed by atoms with van der Waals surface area (Å²) in [5.41, 5.74) is 11.3. The molecular formula is C43H34N6. The summed E-state index contributed by atoms with van der Waals surface area (Å²) < 4.78 is 2.34. The number of nitrogens with one attached hydrogen (secondary N) is 2. The van der Waals surface area contributed by atoms with Crippen LogP contribution >= 0.6 is 0 Å². The Labute approximate surface area is 285 Å². The predicted octanol–water partition coefficient (Wildman–Crippen LogP) is 9.81. The summed E-state index contributed by atoms with van der Waals surface area (Å²) in [5.74, 6) is 1.84. The largest absolute Gasteiger partial charge is 0.387 e. The van der Waals surface area contributed by atoms with Crippen molar-refractivity contribution in [2.24, 2.45) is 0 Å². The Kier molecular flexibility index (Phi) is 6.87. The standard InChI is InChI=1S/C43H34N6/c1-3-28(31-12-8-19-45-26-31)22-41(44-2)48-37-16-5-4-14-33(37)35-24-36-34-15-6-10-29-11-7-17-38(43(29)34)49(40(36)25-39(35)48)42-23-30(18-21-47-42)32-13-9-20-46-27-32/h3-19,21-27,44,46H,20H2,1-2H3/b28-3+,41-22+. The third kappa shape index (κ3) is 4.64. The average molecular weight is 635 g/mol. The zero-order chi connectivity index (χ0) is 32.9. The van der Waals surface area contributed by atoms with E-state index in [1.54, 1.807) is 0 Å². The molecule has 0 spiro atoms. The molecule has 0 atom stereocenters. The third-order valence-corrected chi connectivity index (χ3v) is 9.64. The second-order valence-corrected chi connectivity index (χ2v) is 12.3. The number of hydrogen-bond acceptors (Lipinski definition) is 5. The first-order valence-electron chi connectivity index (χ1n) is 16.7. The van der Waals surface area contributed by atoms with Gasteiger partial charge in [0.1, 0.15) is 11.6 Å². The summed E-state index contributed by atoms with van der Waals surface area (Å²) in [6, 6.07) is 35.0. The summed E-state index contributed by atoms with van der Waals surface area (Å²) in [6.07, 6.45) is 16.4. The van der Waals surface area contributed by atoms with Crippen LogP contribution in [0.4, 0.5) is 17.2 Å². The molecule has 6 heteroatoms. The maximum atomic E-state index is 5.01. The number of allylic oxidation sites excluding steroid dienone is 5. The minimum Gasteiger partial charge on any atom is -0.387 e. The van der Waals surface area contributed by atoms with E-state index in [1.807, 2.05) is 31.7 Å². The van der Waals surface area contributed by atoms with Gasteiger partial charge in [-0.15, -0.1) is 0 Å². The minimum atomic E-state index is 0.838. The molecule has 0 radical (unpaired) electrons. The molecule has 2 aliphatic rings. The van der Waals surface area contributed by atoms with E-state index in [2.05, 4.69) is 154 Å². The van der Waals surface area contributed by atoms with E-state index in [0.29, 0.717) is 0 Å². The Morgan fingerprint density at radius 3 is 2.55 bits per heavy atom. The lowest BCUT2D eigenvalue weighted by molar-refractivity contribution is 0.976. The van der Waals surface area contributed by atoms with Crippen LogP contribution in [0.2, 0.25) is 0 Å². The molecule has 0 amide bonds. The van der Waals surface area contributed by atoms with Crippen molar-refractivity contribution in [2.75, 3.05) is 18.5 Å². The lowest BCUT2D eigenvalue weighted by Crippen LogP contribution is -2.17. The van der Waals surface area contributed by atoms with Crippen LogP contribution in [0, 0.1) is 0 Å². The third-order valence-electron chi connectivity index (χ3n) is 9.64. The second kappa shape index (κ2) is 11.7. The van der Waals surface area contributed by atoms with E-state index in [1.165, 1.54) is 32.7 Å². The topological polar surface area (TPSA) is 58.0 Å². The first-order valence-corrected chi connectivity index (χ1v) is 16.7. The molecule has 0 fully saturated rings. The van der Waals surface area contributed by atoms with Crippen molar-refractivity contribution >= 4 is 66.7 Å². The summed E-state index contributed by atoms with van der Waals surface area (Å²) in [7, 11) is 1.99. The summed E-state index contributed by atoms with van der Waals surface area (Å²) in [4.78, 5) is 11.7. The van der Waals surface area contributed by atoms with E-state index in [4.69, 9.17) is 4.98 Å². The molecule has 5 heterocycles. The van der Waals surface area contributed by atoms with Gasteiger partial charge in [-0.1, -0.05) is 72.8 Å². The van der Waals surface area contributed by atoms with Gasteiger partial charge in [0.05, 0.1) is 22.4 Å². The van der Waals surface area contributed by atoms with Gasteiger partial charge < -0.3 is 10.6 Å². The van der Waals surface area contributed by atoms with Crippen LogP contribution in [0.5, 0.6) is 0 Å². The van der Waals surface area contributed by atoms with E-state index in [-0.39, 0.29) is 0 Å². The van der Waals surface area contributed by atoms with E-state index < -0.39 is 0 Å². The molecule has 0 saturated heterocycles. The van der Waals surface area contributed by atoms with Gasteiger partial charge in [0, 0.05) is 60.1 Å². The smallest absolute Gasteiger partial charge is 0.138 e. The molecule has 9 rings (SSSR count). The number of aromatic nitrogens is 3. The molecule has 0 saturated carbocycles. The predicted molar refractivity (Wildman–Crippen MR) is 205 cm³/mol. The van der Waals surface area contributed by atoms with Crippen LogP contribution in [0.15, 0.2) is 146 Å². The summed E-state index contributed by atoms with van der Waals surface area (Å²) in [5, 5.41) is 11.7. The average Bonchev–Trinajstić information content (AvgIpc) is 3.49. The molecule has 6 nitrogen and oxygen atoms in total. The highest BCUT2D eigenvalue weighted by molar-refractivity contribution is 6.19. The fraction of sp³-hybridized carbons (Fsp3) is 0.0698. The number of fused-ring (bicyclic) bond motifs is 5. The summed E-state index contributed by atoms with van der Waals surface area (Å²) >= 11 is 0.